The van der Waals surface area contributed by atoms with Crippen molar-refractivity contribution in [2.45, 2.75) is 25.1 Å². The van der Waals surface area contributed by atoms with Gasteiger partial charge in [0.25, 0.3) is 5.91 Å². The molecule has 1 fully saturated rings. The molecule has 1 aromatic rings. The second-order valence-electron chi connectivity index (χ2n) is 4.62. The van der Waals surface area contributed by atoms with Gasteiger partial charge in [0.15, 0.2) is 0 Å². The van der Waals surface area contributed by atoms with Gasteiger partial charge in [0.1, 0.15) is 11.4 Å². The van der Waals surface area contributed by atoms with Crippen LogP contribution in [0.3, 0.4) is 0 Å². The van der Waals surface area contributed by atoms with Crippen molar-refractivity contribution in [2.24, 2.45) is 5.73 Å². The molecule has 110 valence electrons. The summed E-state index contributed by atoms with van der Waals surface area (Å²) in [5.74, 6) is -0.0592. The summed E-state index contributed by atoms with van der Waals surface area (Å²) in [6.45, 7) is 1.25. The zero-order chi connectivity index (χ0) is 14.5. The molecule has 7 nitrogen and oxygen atoms in total. The van der Waals surface area contributed by atoms with Gasteiger partial charge in [-0.05, 0) is 12.5 Å². The van der Waals surface area contributed by atoms with Gasteiger partial charge in [-0.15, -0.1) is 0 Å². The third-order valence-electron chi connectivity index (χ3n) is 3.33. The second-order valence-corrected chi connectivity index (χ2v) is 4.62. The van der Waals surface area contributed by atoms with Crippen molar-refractivity contribution in [3.8, 4) is 5.75 Å². The molecule has 0 unspecified atom stereocenters. The van der Waals surface area contributed by atoms with Gasteiger partial charge in [0, 0.05) is 31.0 Å². The lowest BCUT2D eigenvalue weighted by Gasteiger charge is -2.29. The summed E-state index contributed by atoms with van der Waals surface area (Å²) < 4.78 is 10.4. The molecule has 1 saturated heterocycles. The number of hydrogen-bond donors (Lipinski definition) is 3. The molecular formula is C13H19N3O4. The highest BCUT2D eigenvalue weighted by Crippen LogP contribution is 2.21. The number of pyridine rings is 1. The van der Waals surface area contributed by atoms with Gasteiger partial charge in [0.05, 0.1) is 19.8 Å². The minimum atomic E-state index is -0.603. The van der Waals surface area contributed by atoms with E-state index in [0.29, 0.717) is 37.5 Å². The molecule has 4 N–H and O–H groups in total. The summed E-state index contributed by atoms with van der Waals surface area (Å²) in [4.78, 5) is 15.4. The fourth-order valence-corrected chi connectivity index (χ4v) is 2.24. The maximum Gasteiger partial charge on any atom is 0.267 e. The number of nitrogens with zero attached hydrogens (tertiary/aromatic N) is 1. The number of methoxy groups -OCH3 is 1. The Morgan fingerprint density at radius 3 is 3.15 bits per heavy atom. The lowest BCUT2D eigenvalue weighted by molar-refractivity contribution is -0.0281. The number of carbonyl (C=O) groups excluding carboxylic acids is 1. The average Bonchev–Trinajstić information content (AvgIpc) is 2.46. The molecule has 0 saturated carbocycles. The predicted molar refractivity (Wildman–Crippen MR) is 71.4 cm³/mol. The third-order valence-corrected chi connectivity index (χ3v) is 3.33. The van der Waals surface area contributed by atoms with Gasteiger partial charge in [-0.3, -0.25) is 9.78 Å². The highest BCUT2D eigenvalue weighted by atomic mass is 16.5. The highest BCUT2D eigenvalue weighted by Gasteiger charge is 2.24. The largest absolute Gasteiger partial charge is 0.496 e. The van der Waals surface area contributed by atoms with Crippen LogP contribution in [0.5, 0.6) is 5.75 Å². The van der Waals surface area contributed by atoms with Gasteiger partial charge in [-0.1, -0.05) is 0 Å². The van der Waals surface area contributed by atoms with E-state index in [-0.39, 0.29) is 11.7 Å². The zero-order valence-electron chi connectivity index (χ0n) is 11.3. The van der Waals surface area contributed by atoms with Gasteiger partial charge >= 0.3 is 0 Å². The van der Waals surface area contributed by atoms with Crippen molar-refractivity contribution in [1.29, 1.82) is 0 Å². The van der Waals surface area contributed by atoms with Crippen LogP contribution in [-0.2, 0) is 11.3 Å². The van der Waals surface area contributed by atoms with Crippen LogP contribution in [0.15, 0.2) is 12.3 Å². The Kier molecular flexibility index (Phi) is 4.89. The van der Waals surface area contributed by atoms with E-state index in [0.717, 1.165) is 0 Å². The third kappa shape index (κ3) is 3.24. The molecular weight excluding hydrogens is 262 g/mol. The van der Waals surface area contributed by atoms with Crippen molar-refractivity contribution in [2.75, 3.05) is 20.3 Å². The van der Waals surface area contributed by atoms with Crippen LogP contribution < -0.4 is 15.8 Å². The summed E-state index contributed by atoms with van der Waals surface area (Å²) in [5, 5.41) is 13.0. The Balaban J connectivity index is 2.13. The number of ether oxygens (including phenoxy) is 2. The Labute approximate surface area is 117 Å². The van der Waals surface area contributed by atoms with E-state index in [1.165, 1.54) is 13.3 Å². The van der Waals surface area contributed by atoms with Crippen LogP contribution in [0.1, 0.15) is 22.5 Å². The molecule has 20 heavy (non-hydrogen) atoms. The number of rotatable bonds is 5. The first-order valence-electron chi connectivity index (χ1n) is 6.44. The molecule has 1 aliphatic rings. The first-order chi connectivity index (χ1) is 9.63. The van der Waals surface area contributed by atoms with Crippen molar-refractivity contribution >= 4 is 5.91 Å². The fraction of sp³-hybridized carbons (Fsp3) is 0.538. The van der Waals surface area contributed by atoms with E-state index in [1.54, 1.807) is 6.07 Å². The monoisotopic (exact) mass is 281 g/mol. The molecule has 0 spiro atoms. The number of nitrogens with one attached hydrogen (secondary N) is 1. The molecule has 7 heteroatoms. The second kappa shape index (κ2) is 6.65. The molecule has 0 radical (unpaired) electrons. The van der Waals surface area contributed by atoms with E-state index in [4.69, 9.17) is 15.2 Å². The van der Waals surface area contributed by atoms with Gasteiger partial charge in [-0.25, -0.2) is 0 Å². The first kappa shape index (κ1) is 14.7. The minimum Gasteiger partial charge on any atom is -0.496 e. The number of aliphatic hydroxyl groups excluding tert-OH is 1. The number of hydrogen-bond acceptors (Lipinski definition) is 6. The highest BCUT2D eigenvalue weighted by molar-refractivity contribution is 5.92. The van der Waals surface area contributed by atoms with E-state index < -0.39 is 12.0 Å². The van der Waals surface area contributed by atoms with Crippen LogP contribution in [0.25, 0.3) is 0 Å². The minimum absolute atomic E-state index is 0.0885. The predicted octanol–water partition coefficient (Wildman–Crippen LogP) is -0.571. The Morgan fingerprint density at radius 1 is 1.70 bits per heavy atom. The van der Waals surface area contributed by atoms with Crippen LogP contribution in [-0.4, -0.2) is 48.5 Å². The Morgan fingerprint density at radius 2 is 2.50 bits per heavy atom. The molecule has 2 rings (SSSR count). The summed E-state index contributed by atoms with van der Waals surface area (Å²) in [7, 11) is 1.52. The topological polar surface area (TPSA) is 107 Å². The van der Waals surface area contributed by atoms with Gasteiger partial charge in [0.2, 0.25) is 0 Å². The maximum absolute atomic E-state index is 11.4. The maximum atomic E-state index is 11.4. The van der Waals surface area contributed by atoms with Gasteiger partial charge < -0.3 is 25.6 Å². The SMILES string of the molecule is COc1ccnc(C(N)=O)c1CN[C@@H]1CCOC[C@H]1O. The quantitative estimate of drug-likeness (QED) is 0.667. The zero-order valence-corrected chi connectivity index (χ0v) is 11.3. The Hall–Kier alpha value is -1.70. The lowest BCUT2D eigenvalue weighted by atomic mass is 10.1. The standard InChI is InChI=1S/C13H19N3O4/c1-19-11-2-4-15-12(13(14)18)8(11)6-16-9-3-5-20-7-10(9)17/h2,4,9-10,16-17H,3,5-7H2,1H3,(H2,14,18)/t9-,10-/m1/s1. The smallest absolute Gasteiger partial charge is 0.267 e. The summed E-state index contributed by atoms with van der Waals surface area (Å²) >= 11 is 0. The van der Waals surface area contributed by atoms with Gasteiger partial charge in [-0.2, -0.15) is 0 Å². The number of aliphatic hydroxyl groups is 1. The van der Waals surface area contributed by atoms with Crippen LogP contribution in [0.2, 0.25) is 0 Å². The molecule has 0 bridgehead atoms. The molecule has 0 aliphatic carbocycles. The number of amides is 1. The molecule has 1 aliphatic heterocycles. The number of nitrogens with two attached hydrogens (primary N) is 1. The first-order valence-corrected chi connectivity index (χ1v) is 6.44. The number of carbonyl (C=O) groups is 1. The van der Waals surface area contributed by atoms with Crippen molar-refractivity contribution in [3.05, 3.63) is 23.5 Å². The lowest BCUT2D eigenvalue weighted by Crippen LogP contribution is -2.46. The normalized spacial score (nSPS) is 22.5. The Bertz CT molecular complexity index is 481. The van der Waals surface area contributed by atoms with E-state index >= 15 is 0 Å². The van der Waals surface area contributed by atoms with Crippen molar-refractivity contribution in [3.63, 3.8) is 0 Å². The number of aromatic nitrogens is 1. The van der Waals surface area contributed by atoms with E-state index in [2.05, 4.69) is 10.3 Å². The van der Waals surface area contributed by atoms with Crippen molar-refractivity contribution < 1.29 is 19.4 Å². The molecule has 1 aromatic heterocycles. The van der Waals surface area contributed by atoms with E-state index in [1.807, 2.05) is 0 Å². The van der Waals surface area contributed by atoms with E-state index in [9.17, 15) is 9.90 Å². The number of primary amides is 1. The molecule has 2 heterocycles. The molecule has 1 amide bonds. The van der Waals surface area contributed by atoms with Crippen LogP contribution in [0, 0.1) is 0 Å². The molecule has 0 aromatic carbocycles. The van der Waals surface area contributed by atoms with Crippen molar-refractivity contribution in [1.82, 2.24) is 10.3 Å². The molecule has 2 atom stereocenters. The summed E-state index contributed by atoms with van der Waals surface area (Å²) in [6, 6.07) is 1.58. The van der Waals surface area contributed by atoms with Crippen LogP contribution in [0.4, 0.5) is 0 Å². The average molecular weight is 281 g/mol. The summed E-state index contributed by atoms with van der Waals surface area (Å²) in [5.41, 5.74) is 6.10. The summed E-state index contributed by atoms with van der Waals surface area (Å²) in [6.07, 6.45) is 1.62. The van der Waals surface area contributed by atoms with Crippen LogP contribution >= 0.6 is 0 Å². The fourth-order valence-electron chi connectivity index (χ4n) is 2.24.